The summed E-state index contributed by atoms with van der Waals surface area (Å²) in [5.41, 5.74) is 7.42. The fourth-order valence-electron chi connectivity index (χ4n) is 4.18. The number of hydrazone groups is 1. The third-order valence-electron chi connectivity index (χ3n) is 6.04. The third kappa shape index (κ3) is 4.00. The number of hydrogen-bond acceptors (Lipinski definition) is 7. The van der Waals surface area contributed by atoms with Gasteiger partial charge in [0.05, 0.1) is 6.54 Å². The zero-order valence-electron chi connectivity index (χ0n) is 19.4. The van der Waals surface area contributed by atoms with Crippen LogP contribution in [0.25, 0.3) is 22.6 Å². The second-order valence-corrected chi connectivity index (χ2v) is 8.50. The molecule has 10 nitrogen and oxygen atoms in total. The SMILES string of the molecule is CC(C)n1cnnc1-c1cccc(N2Cc3ccc(-c4ccc(/C(=N/N)NN)cc4)cc3C2=O)n1. The number of hydrogen-bond donors (Lipinski definition) is 3. The molecule has 1 aliphatic rings. The van der Waals surface area contributed by atoms with Crippen molar-refractivity contribution in [1.29, 1.82) is 0 Å². The van der Waals surface area contributed by atoms with Crippen molar-refractivity contribution in [3.8, 4) is 22.6 Å². The Morgan fingerprint density at radius 2 is 1.86 bits per heavy atom. The van der Waals surface area contributed by atoms with Gasteiger partial charge < -0.3 is 15.8 Å². The number of anilines is 1. The van der Waals surface area contributed by atoms with E-state index in [9.17, 15) is 4.79 Å². The van der Waals surface area contributed by atoms with Crippen molar-refractivity contribution < 1.29 is 4.79 Å². The summed E-state index contributed by atoms with van der Waals surface area (Å²) in [7, 11) is 0. The predicted octanol–water partition coefficient (Wildman–Crippen LogP) is 2.83. The van der Waals surface area contributed by atoms with Gasteiger partial charge >= 0.3 is 0 Å². The van der Waals surface area contributed by atoms with E-state index in [2.05, 4.69) is 34.6 Å². The predicted molar refractivity (Wildman–Crippen MR) is 134 cm³/mol. The van der Waals surface area contributed by atoms with Gasteiger partial charge in [-0.15, -0.1) is 10.2 Å². The number of carbonyl (C=O) groups is 1. The second-order valence-electron chi connectivity index (χ2n) is 8.50. The summed E-state index contributed by atoms with van der Waals surface area (Å²) >= 11 is 0. The number of fused-ring (bicyclic) bond motifs is 1. The molecule has 5 rings (SSSR count). The molecule has 0 unspecified atom stereocenters. The Labute approximate surface area is 202 Å². The molecule has 3 heterocycles. The van der Waals surface area contributed by atoms with E-state index in [1.807, 2.05) is 65.2 Å². The zero-order chi connectivity index (χ0) is 24.5. The Morgan fingerprint density at radius 1 is 1.09 bits per heavy atom. The van der Waals surface area contributed by atoms with Crippen molar-refractivity contribution in [2.24, 2.45) is 16.8 Å². The fourth-order valence-corrected chi connectivity index (χ4v) is 4.18. The van der Waals surface area contributed by atoms with Gasteiger partial charge in [0.2, 0.25) is 0 Å². The first kappa shape index (κ1) is 22.2. The monoisotopic (exact) mass is 467 g/mol. The van der Waals surface area contributed by atoms with Crippen LogP contribution in [0.3, 0.4) is 0 Å². The van der Waals surface area contributed by atoms with E-state index in [1.54, 1.807) is 11.2 Å². The molecule has 10 heteroatoms. The number of rotatable bonds is 5. The van der Waals surface area contributed by atoms with E-state index in [-0.39, 0.29) is 11.9 Å². The maximum absolute atomic E-state index is 13.4. The fraction of sp³-hybridized carbons (Fsp3) is 0.160. The molecule has 0 atom stereocenters. The average Bonchev–Trinajstić information content (AvgIpc) is 3.51. The summed E-state index contributed by atoms with van der Waals surface area (Å²) < 4.78 is 1.95. The van der Waals surface area contributed by atoms with Crippen LogP contribution in [0.15, 0.2) is 72.1 Å². The summed E-state index contributed by atoms with van der Waals surface area (Å²) in [6.07, 6.45) is 1.69. The summed E-state index contributed by atoms with van der Waals surface area (Å²) in [5.74, 6) is 12.3. The maximum Gasteiger partial charge on any atom is 0.260 e. The van der Waals surface area contributed by atoms with Crippen LogP contribution in [0.1, 0.15) is 41.4 Å². The molecule has 0 spiro atoms. The number of nitrogens with zero attached hydrogens (tertiary/aromatic N) is 6. The molecule has 0 fully saturated rings. The minimum Gasteiger partial charge on any atom is -0.321 e. The largest absolute Gasteiger partial charge is 0.321 e. The highest BCUT2D eigenvalue weighted by molar-refractivity contribution is 6.10. The molecule has 4 aromatic rings. The van der Waals surface area contributed by atoms with Crippen LogP contribution >= 0.6 is 0 Å². The number of nitrogens with two attached hydrogens (primary N) is 2. The number of amides is 1. The molecule has 0 radical (unpaired) electrons. The minimum atomic E-state index is -0.0849. The van der Waals surface area contributed by atoms with Gasteiger partial charge in [0.15, 0.2) is 11.7 Å². The van der Waals surface area contributed by atoms with E-state index in [1.165, 1.54) is 0 Å². The second kappa shape index (κ2) is 8.99. The first-order valence-corrected chi connectivity index (χ1v) is 11.2. The number of benzene rings is 2. The number of hydrazine groups is 1. The van der Waals surface area contributed by atoms with Gasteiger partial charge in [0.25, 0.3) is 5.91 Å². The van der Waals surface area contributed by atoms with Crippen molar-refractivity contribution in [3.63, 3.8) is 0 Å². The smallest absolute Gasteiger partial charge is 0.260 e. The molecule has 1 aliphatic heterocycles. The van der Waals surface area contributed by atoms with Crippen LogP contribution < -0.4 is 22.0 Å². The first-order valence-electron chi connectivity index (χ1n) is 11.2. The summed E-state index contributed by atoms with van der Waals surface area (Å²) in [5, 5.41) is 11.9. The summed E-state index contributed by atoms with van der Waals surface area (Å²) in [4.78, 5) is 19.8. The van der Waals surface area contributed by atoms with Crippen LogP contribution in [0.2, 0.25) is 0 Å². The Kier molecular flexibility index (Phi) is 5.71. The quantitative estimate of drug-likeness (QED) is 0.177. The van der Waals surface area contributed by atoms with Crippen molar-refractivity contribution in [1.82, 2.24) is 25.2 Å². The highest BCUT2D eigenvalue weighted by Gasteiger charge is 2.30. The lowest BCUT2D eigenvalue weighted by atomic mass is 9.99. The van der Waals surface area contributed by atoms with Crippen molar-refractivity contribution in [2.45, 2.75) is 26.4 Å². The molecule has 176 valence electrons. The van der Waals surface area contributed by atoms with Gasteiger partial charge in [-0.05, 0) is 48.7 Å². The van der Waals surface area contributed by atoms with Crippen LogP contribution in [-0.2, 0) is 6.54 Å². The molecule has 2 aromatic carbocycles. The van der Waals surface area contributed by atoms with E-state index in [0.717, 1.165) is 22.3 Å². The zero-order valence-corrected chi connectivity index (χ0v) is 19.4. The number of pyridine rings is 1. The minimum absolute atomic E-state index is 0.0849. The molecule has 5 N–H and O–H groups in total. The number of aromatic nitrogens is 4. The van der Waals surface area contributed by atoms with Gasteiger partial charge in [-0.1, -0.05) is 42.5 Å². The lowest BCUT2D eigenvalue weighted by Crippen LogP contribution is -2.31. The van der Waals surface area contributed by atoms with Crippen LogP contribution in [0.4, 0.5) is 5.82 Å². The van der Waals surface area contributed by atoms with Crippen LogP contribution in [-0.4, -0.2) is 31.5 Å². The number of nitrogens with one attached hydrogen (secondary N) is 1. The van der Waals surface area contributed by atoms with Gasteiger partial charge in [0.1, 0.15) is 17.8 Å². The highest BCUT2D eigenvalue weighted by Crippen LogP contribution is 2.32. The topological polar surface area (TPSA) is 140 Å². The number of amidine groups is 1. The van der Waals surface area contributed by atoms with Crippen LogP contribution in [0.5, 0.6) is 0 Å². The Balaban J connectivity index is 1.43. The molecule has 0 bridgehead atoms. The van der Waals surface area contributed by atoms with Gasteiger partial charge in [-0.2, -0.15) is 5.10 Å². The van der Waals surface area contributed by atoms with Gasteiger partial charge in [0, 0.05) is 17.2 Å². The van der Waals surface area contributed by atoms with Crippen molar-refractivity contribution >= 4 is 17.6 Å². The lowest BCUT2D eigenvalue weighted by molar-refractivity contribution is 0.0996. The van der Waals surface area contributed by atoms with Gasteiger partial charge in [-0.3, -0.25) is 9.69 Å². The average molecular weight is 468 g/mol. The Morgan fingerprint density at radius 3 is 2.57 bits per heavy atom. The summed E-state index contributed by atoms with van der Waals surface area (Å²) in [6, 6.07) is 19.3. The summed E-state index contributed by atoms with van der Waals surface area (Å²) in [6.45, 7) is 4.57. The highest BCUT2D eigenvalue weighted by atomic mass is 16.2. The van der Waals surface area contributed by atoms with E-state index >= 15 is 0 Å². The van der Waals surface area contributed by atoms with E-state index < -0.39 is 0 Å². The van der Waals surface area contributed by atoms with Crippen molar-refractivity contribution in [2.75, 3.05) is 4.90 Å². The Bertz CT molecular complexity index is 1420. The lowest BCUT2D eigenvalue weighted by Gasteiger charge is -2.16. The van der Waals surface area contributed by atoms with Gasteiger partial charge in [-0.25, -0.2) is 10.8 Å². The van der Waals surface area contributed by atoms with E-state index in [0.29, 0.717) is 35.3 Å². The maximum atomic E-state index is 13.4. The molecule has 1 amide bonds. The Hall–Kier alpha value is -4.57. The third-order valence-corrected chi connectivity index (χ3v) is 6.04. The molecule has 0 saturated carbocycles. The van der Waals surface area contributed by atoms with Crippen LogP contribution in [0, 0.1) is 0 Å². The number of carbonyl (C=O) groups excluding carboxylic acids is 1. The molecule has 0 saturated heterocycles. The molecule has 0 aliphatic carbocycles. The molecular formula is C25H25N9O. The van der Waals surface area contributed by atoms with Crippen molar-refractivity contribution in [3.05, 3.63) is 83.7 Å². The molecule has 35 heavy (non-hydrogen) atoms. The first-order chi connectivity index (χ1) is 17.0. The molecular weight excluding hydrogens is 442 g/mol. The standard InChI is InChI=1S/C25H25N9O/c1-15(2)34-14-28-32-24(34)21-4-3-5-22(29-21)33-13-19-11-10-18(12-20(19)25(33)35)16-6-8-17(9-7-16)23(30-26)31-27/h3-12,14-15H,13,26-27H2,1-2H3,(H,30,31). The molecule has 2 aromatic heterocycles. The normalized spacial score (nSPS) is 13.4. The van der Waals surface area contributed by atoms with E-state index in [4.69, 9.17) is 16.7 Å².